The van der Waals surface area contributed by atoms with Crippen LogP contribution < -0.4 is 10.0 Å². The Morgan fingerprint density at radius 1 is 1.03 bits per heavy atom. The van der Waals surface area contributed by atoms with Crippen LogP contribution >= 0.6 is 0 Å². The predicted molar refractivity (Wildman–Crippen MR) is 122 cm³/mol. The first-order valence-electron chi connectivity index (χ1n) is 11.0. The van der Waals surface area contributed by atoms with E-state index in [0.29, 0.717) is 5.56 Å². The van der Waals surface area contributed by atoms with Crippen molar-refractivity contribution in [3.8, 4) is 0 Å². The highest BCUT2D eigenvalue weighted by molar-refractivity contribution is 7.90. The second-order valence-electron chi connectivity index (χ2n) is 9.22. The molecule has 0 heterocycles. The first kappa shape index (κ1) is 22.8. The van der Waals surface area contributed by atoms with Crippen molar-refractivity contribution in [2.24, 2.45) is 0 Å². The van der Waals surface area contributed by atoms with Crippen molar-refractivity contribution >= 4 is 21.7 Å². The number of benzene rings is 2. The summed E-state index contributed by atoms with van der Waals surface area (Å²) in [5.74, 6) is 0. The summed E-state index contributed by atoms with van der Waals surface area (Å²) in [7, 11) is -4.18. The van der Waals surface area contributed by atoms with Crippen molar-refractivity contribution < 1.29 is 23.4 Å². The van der Waals surface area contributed by atoms with Gasteiger partial charge in [-0.25, -0.2) is 17.9 Å². The quantitative estimate of drug-likeness (QED) is 0.549. The fourth-order valence-electron chi connectivity index (χ4n) is 5.13. The number of aliphatic hydroxyl groups is 2. The molecule has 4 N–H and O–H groups in total. The summed E-state index contributed by atoms with van der Waals surface area (Å²) >= 11 is 0. The fraction of sp³-hybridized carbons (Fsp3) is 0.458. The number of aliphatic hydroxyl groups excluding tert-OH is 1. The molecule has 0 fully saturated rings. The van der Waals surface area contributed by atoms with Gasteiger partial charge in [0.05, 0.1) is 17.1 Å². The Morgan fingerprint density at radius 2 is 1.59 bits per heavy atom. The van der Waals surface area contributed by atoms with Crippen molar-refractivity contribution in [3.05, 3.63) is 57.1 Å². The maximum atomic E-state index is 12.9. The second-order valence-corrected chi connectivity index (χ2v) is 10.9. The molecule has 2 aromatic rings. The highest BCUT2D eigenvalue weighted by Crippen LogP contribution is 2.41. The second kappa shape index (κ2) is 8.17. The van der Waals surface area contributed by atoms with Gasteiger partial charge in [-0.15, -0.1) is 0 Å². The molecular weight excluding hydrogens is 428 g/mol. The van der Waals surface area contributed by atoms with Gasteiger partial charge in [-0.05, 0) is 110 Å². The van der Waals surface area contributed by atoms with Gasteiger partial charge in [0.2, 0.25) is 0 Å². The third-order valence-electron chi connectivity index (χ3n) is 6.63. The van der Waals surface area contributed by atoms with Crippen LogP contribution in [-0.4, -0.2) is 24.7 Å². The number of carbonyl (C=O) groups is 1. The lowest BCUT2D eigenvalue weighted by molar-refractivity contribution is 0.0757. The molecule has 2 aliphatic carbocycles. The molecule has 2 aromatic carbocycles. The minimum absolute atomic E-state index is 0.152. The van der Waals surface area contributed by atoms with Crippen molar-refractivity contribution in [1.29, 1.82) is 0 Å². The third kappa shape index (κ3) is 4.02. The van der Waals surface area contributed by atoms with Crippen molar-refractivity contribution in [3.63, 3.8) is 0 Å². The Bertz CT molecular complexity index is 1160. The van der Waals surface area contributed by atoms with E-state index in [-0.39, 0.29) is 17.1 Å². The van der Waals surface area contributed by atoms with Crippen LogP contribution in [0.5, 0.6) is 0 Å². The summed E-state index contributed by atoms with van der Waals surface area (Å²) in [4.78, 5) is 12.6. The van der Waals surface area contributed by atoms with Crippen LogP contribution in [0.15, 0.2) is 23.1 Å². The highest BCUT2D eigenvalue weighted by atomic mass is 32.2. The van der Waals surface area contributed by atoms with Crippen LogP contribution in [0.2, 0.25) is 0 Å². The molecule has 0 saturated carbocycles. The van der Waals surface area contributed by atoms with E-state index in [4.69, 9.17) is 0 Å². The number of urea groups is 1. The minimum Gasteiger partial charge on any atom is -0.392 e. The van der Waals surface area contributed by atoms with E-state index in [0.717, 1.165) is 55.3 Å². The maximum absolute atomic E-state index is 12.9. The molecule has 0 unspecified atom stereocenters. The summed E-state index contributed by atoms with van der Waals surface area (Å²) in [6, 6.07) is 3.26. The molecule has 4 rings (SSSR count). The largest absolute Gasteiger partial charge is 0.392 e. The zero-order chi connectivity index (χ0) is 23.3. The number of sulfonamides is 1. The summed E-state index contributed by atoms with van der Waals surface area (Å²) in [6.45, 7) is 4.84. The van der Waals surface area contributed by atoms with Gasteiger partial charge in [-0.3, -0.25) is 0 Å². The minimum atomic E-state index is -4.18. The SMILES string of the molecule is Cc1c2c(c(NC(=O)NS(=O)(=O)c3ccc(CO)c(C(C)(C)O)c3)c3c1CCC3)CCC2. The van der Waals surface area contributed by atoms with Crippen molar-refractivity contribution in [1.82, 2.24) is 4.72 Å². The number of carbonyl (C=O) groups excluding carboxylic acids is 1. The summed E-state index contributed by atoms with van der Waals surface area (Å²) < 4.78 is 27.9. The van der Waals surface area contributed by atoms with Crippen molar-refractivity contribution in [2.75, 3.05) is 5.32 Å². The molecule has 32 heavy (non-hydrogen) atoms. The normalized spacial score (nSPS) is 15.4. The molecule has 8 heteroatoms. The lowest BCUT2D eigenvalue weighted by Crippen LogP contribution is -2.35. The Labute approximate surface area is 188 Å². The highest BCUT2D eigenvalue weighted by Gasteiger charge is 2.29. The Balaban J connectivity index is 1.62. The number of amides is 2. The molecule has 0 atom stereocenters. The zero-order valence-corrected chi connectivity index (χ0v) is 19.5. The van der Waals surface area contributed by atoms with Gasteiger partial charge in [0.25, 0.3) is 10.0 Å². The molecule has 0 spiro atoms. The number of anilines is 1. The number of nitrogens with one attached hydrogen (secondary N) is 2. The first-order valence-corrected chi connectivity index (χ1v) is 12.5. The van der Waals surface area contributed by atoms with Crippen LogP contribution in [-0.2, 0) is 47.9 Å². The molecule has 0 aliphatic heterocycles. The van der Waals surface area contributed by atoms with Crippen LogP contribution in [0.25, 0.3) is 0 Å². The van der Waals surface area contributed by atoms with E-state index >= 15 is 0 Å². The van der Waals surface area contributed by atoms with Crippen LogP contribution in [0.1, 0.15) is 65.6 Å². The standard InChI is InChI=1S/C24H30N2O5S/c1-14-17-6-4-8-19(17)22(20-9-5-7-18(14)20)25-23(28)26-32(30,31)16-11-10-15(13-27)21(12-16)24(2,3)29/h10-12,27,29H,4-9,13H2,1-3H3,(H2,25,26,28). The van der Waals surface area contributed by atoms with E-state index in [2.05, 4.69) is 17.0 Å². The van der Waals surface area contributed by atoms with Crippen LogP contribution in [0.3, 0.4) is 0 Å². The van der Waals surface area contributed by atoms with Gasteiger partial charge in [0.1, 0.15) is 0 Å². The lowest BCUT2D eigenvalue weighted by atomic mass is 9.93. The molecule has 0 radical (unpaired) electrons. The molecule has 0 bridgehead atoms. The van der Waals surface area contributed by atoms with Gasteiger partial charge >= 0.3 is 6.03 Å². The predicted octanol–water partition coefficient (Wildman–Crippen LogP) is 3.20. The van der Waals surface area contributed by atoms with E-state index in [1.807, 2.05) is 0 Å². The van der Waals surface area contributed by atoms with Gasteiger partial charge in [0.15, 0.2) is 0 Å². The average molecular weight is 459 g/mol. The number of hydrogen-bond acceptors (Lipinski definition) is 5. The summed E-state index contributed by atoms with van der Waals surface area (Å²) in [5.41, 5.74) is 6.30. The van der Waals surface area contributed by atoms with Gasteiger partial charge in [-0.1, -0.05) is 6.07 Å². The molecule has 2 aliphatic rings. The zero-order valence-electron chi connectivity index (χ0n) is 18.7. The fourth-order valence-corrected chi connectivity index (χ4v) is 6.07. The smallest absolute Gasteiger partial charge is 0.333 e. The van der Waals surface area contributed by atoms with Gasteiger partial charge in [0, 0.05) is 5.69 Å². The van der Waals surface area contributed by atoms with E-state index in [9.17, 15) is 23.4 Å². The molecular formula is C24H30N2O5S. The lowest BCUT2D eigenvalue weighted by Gasteiger charge is -2.22. The molecule has 0 saturated heterocycles. The number of fused-ring (bicyclic) bond motifs is 2. The van der Waals surface area contributed by atoms with Crippen molar-refractivity contribution in [2.45, 2.75) is 76.4 Å². The summed E-state index contributed by atoms with van der Waals surface area (Å²) in [5, 5.41) is 22.7. The number of rotatable bonds is 5. The Kier molecular flexibility index (Phi) is 5.81. The topological polar surface area (TPSA) is 116 Å². The van der Waals surface area contributed by atoms with Crippen LogP contribution in [0, 0.1) is 6.92 Å². The maximum Gasteiger partial charge on any atom is 0.333 e. The van der Waals surface area contributed by atoms with Gasteiger partial charge in [-0.2, -0.15) is 0 Å². The third-order valence-corrected chi connectivity index (χ3v) is 7.96. The Morgan fingerprint density at radius 3 is 2.12 bits per heavy atom. The van der Waals surface area contributed by atoms with Gasteiger partial charge < -0.3 is 15.5 Å². The molecule has 2 amide bonds. The first-order chi connectivity index (χ1) is 15.0. The molecule has 7 nitrogen and oxygen atoms in total. The van der Waals surface area contributed by atoms with E-state index in [1.54, 1.807) is 0 Å². The van der Waals surface area contributed by atoms with E-state index in [1.165, 1.54) is 48.7 Å². The van der Waals surface area contributed by atoms with E-state index < -0.39 is 21.7 Å². The monoisotopic (exact) mass is 458 g/mol. The Hall–Kier alpha value is -2.42. The summed E-state index contributed by atoms with van der Waals surface area (Å²) in [6.07, 6.45) is 5.79. The number of hydrogen-bond donors (Lipinski definition) is 4. The molecule has 0 aromatic heterocycles. The molecule has 172 valence electrons. The van der Waals surface area contributed by atoms with Crippen LogP contribution in [0.4, 0.5) is 10.5 Å². The average Bonchev–Trinajstić information content (AvgIpc) is 3.39.